The van der Waals surface area contributed by atoms with Crippen LogP contribution in [0, 0.1) is 6.92 Å². The minimum Gasteiger partial charge on any atom is -0.383 e. The first-order valence-corrected chi connectivity index (χ1v) is 6.59. The van der Waals surface area contributed by atoms with Crippen molar-refractivity contribution in [3.63, 3.8) is 0 Å². The molecule has 0 aromatic carbocycles. The molecule has 19 heavy (non-hydrogen) atoms. The van der Waals surface area contributed by atoms with E-state index >= 15 is 0 Å². The zero-order chi connectivity index (χ0) is 13.8. The minimum absolute atomic E-state index is 0.0440. The van der Waals surface area contributed by atoms with Gasteiger partial charge in [-0.1, -0.05) is 0 Å². The van der Waals surface area contributed by atoms with Crippen LogP contribution in [-0.4, -0.2) is 42.1 Å². The third-order valence-corrected chi connectivity index (χ3v) is 3.69. The van der Waals surface area contributed by atoms with Crippen molar-refractivity contribution in [2.75, 3.05) is 20.3 Å². The summed E-state index contributed by atoms with van der Waals surface area (Å²) >= 11 is 0. The summed E-state index contributed by atoms with van der Waals surface area (Å²) in [6.45, 7) is 3.12. The fourth-order valence-electron chi connectivity index (χ4n) is 2.62. The molecule has 0 bridgehead atoms. The summed E-state index contributed by atoms with van der Waals surface area (Å²) in [7, 11) is 1.64. The summed E-state index contributed by atoms with van der Waals surface area (Å²) < 4.78 is 5.09. The Morgan fingerprint density at radius 1 is 1.58 bits per heavy atom. The lowest BCUT2D eigenvalue weighted by molar-refractivity contribution is -0.138. The topological polar surface area (TPSA) is 68.5 Å². The number of nitrogens with zero attached hydrogens (tertiary/aromatic N) is 2. The molecule has 1 aromatic heterocycles. The lowest BCUT2D eigenvalue weighted by Gasteiger charge is -2.40. The van der Waals surface area contributed by atoms with Gasteiger partial charge in [-0.05, 0) is 30.5 Å². The molecule has 0 radical (unpaired) electrons. The molecule has 5 nitrogen and oxygen atoms in total. The summed E-state index contributed by atoms with van der Waals surface area (Å²) in [6, 6.07) is 1.82. The van der Waals surface area contributed by atoms with Crippen LogP contribution in [0.3, 0.4) is 0 Å². The number of methoxy groups -OCH3 is 1. The van der Waals surface area contributed by atoms with Crippen LogP contribution in [0.4, 0.5) is 0 Å². The molecule has 2 heterocycles. The fraction of sp³-hybridized carbons (Fsp3) is 0.571. The molecule has 0 saturated carbocycles. The number of ether oxygens (including phenoxy) is 1. The Labute approximate surface area is 113 Å². The van der Waals surface area contributed by atoms with Crippen LogP contribution < -0.4 is 5.73 Å². The number of nitrogens with two attached hydrogens (primary N) is 1. The molecule has 2 N–H and O–H groups in total. The van der Waals surface area contributed by atoms with Crippen molar-refractivity contribution in [2.45, 2.75) is 31.8 Å². The molecule has 1 aromatic rings. The number of hydrogen-bond donors (Lipinski definition) is 1. The normalized spacial score (nSPS) is 23.7. The number of pyridine rings is 1. The molecular formula is C14H21N3O2. The molecule has 2 unspecified atom stereocenters. The minimum atomic E-state index is -0.0925. The SMILES string of the molecule is COCCN1C(=O)CCC(N)C1c1cnccc1C. The van der Waals surface area contributed by atoms with Gasteiger partial charge in [0.1, 0.15) is 0 Å². The van der Waals surface area contributed by atoms with E-state index < -0.39 is 0 Å². The maximum absolute atomic E-state index is 12.1. The van der Waals surface area contributed by atoms with Crippen molar-refractivity contribution in [3.8, 4) is 0 Å². The number of carbonyl (C=O) groups excluding carboxylic acids is 1. The summed E-state index contributed by atoms with van der Waals surface area (Å²) in [5.74, 6) is 0.145. The van der Waals surface area contributed by atoms with Crippen molar-refractivity contribution in [1.82, 2.24) is 9.88 Å². The van der Waals surface area contributed by atoms with Gasteiger partial charge in [0.15, 0.2) is 0 Å². The standard InChI is InChI=1S/C14H21N3O2/c1-10-5-6-16-9-11(10)14-12(15)3-4-13(18)17(14)7-8-19-2/h5-6,9,12,14H,3-4,7-8,15H2,1-2H3. The Bertz CT molecular complexity index is 450. The highest BCUT2D eigenvalue weighted by Gasteiger charge is 2.35. The van der Waals surface area contributed by atoms with Gasteiger partial charge in [0.05, 0.1) is 12.6 Å². The van der Waals surface area contributed by atoms with Gasteiger partial charge in [0.25, 0.3) is 0 Å². The van der Waals surface area contributed by atoms with Crippen molar-refractivity contribution in [2.24, 2.45) is 5.73 Å². The Hall–Kier alpha value is -1.46. The van der Waals surface area contributed by atoms with Crippen LogP contribution in [0.25, 0.3) is 0 Å². The highest BCUT2D eigenvalue weighted by atomic mass is 16.5. The van der Waals surface area contributed by atoms with Crippen LogP contribution in [0.5, 0.6) is 0 Å². The third-order valence-electron chi connectivity index (χ3n) is 3.69. The summed E-state index contributed by atoms with van der Waals surface area (Å²) in [4.78, 5) is 18.1. The van der Waals surface area contributed by atoms with Gasteiger partial charge in [-0.2, -0.15) is 0 Å². The van der Waals surface area contributed by atoms with Crippen molar-refractivity contribution >= 4 is 5.91 Å². The third kappa shape index (κ3) is 2.93. The average molecular weight is 263 g/mol. The van der Waals surface area contributed by atoms with Gasteiger partial charge in [-0.3, -0.25) is 9.78 Å². The van der Waals surface area contributed by atoms with Gasteiger partial charge >= 0.3 is 0 Å². The van der Waals surface area contributed by atoms with E-state index in [0.717, 1.165) is 17.5 Å². The van der Waals surface area contributed by atoms with E-state index in [2.05, 4.69) is 4.98 Å². The van der Waals surface area contributed by atoms with Crippen LogP contribution in [0.15, 0.2) is 18.5 Å². The van der Waals surface area contributed by atoms with Crippen LogP contribution in [-0.2, 0) is 9.53 Å². The molecule has 0 spiro atoms. The molecule has 0 aliphatic carbocycles. The fourth-order valence-corrected chi connectivity index (χ4v) is 2.62. The van der Waals surface area contributed by atoms with E-state index in [9.17, 15) is 4.79 Å². The number of aryl methyl sites for hydroxylation is 1. The summed E-state index contributed by atoms with van der Waals surface area (Å²) in [5, 5.41) is 0. The molecule has 2 rings (SSSR count). The Kier molecular flexibility index (Phi) is 4.50. The van der Waals surface area contributed by atoms with Gasteiger partial charge in [0, 0.05) is 38.5 Å². The molecule has 1 fully saturated rings. The maximum Gasteiger partial charge on any atom is 0.223 e. The van der Waals surface area contributed by atoms with Crippen LogP contribution >= 0.6 is 0 Å². The summed E-state index contributed by atoms with van der Waals surface area (Å²) in [6.07, 6.45) is 4.81. The van der Waals surface area contributed by atoms with Gasteiger partial charge < -0.3 is 15.4 Å². The van der Waals surface area contributed by atoms with E-state index in [1.54, 1.807) is 13.3 Å². The van der Waals surface area contributed by atoms with E-state index in [-0.39, 0.29) is 18.0 Å². The van der Waals surface area contributed by atoms with Crippen LogP contribution in [0.1, 0.15) is 30.0 Å². The highest BCUT2D eigenvalue weighted by Crippen LogP contribution is 2.31. The number of carbonyl (C=O) groups is 1. The van der Waals surface area contributed by atoms with Gasteiger partial charge in [-0.25, -0.2) is 0 Å². The number of aromatic nitrogens is 1. The van der Waals surface area contributed by atoms with Crippen molar-refractivity contribution < 1.29 is 9.53 Å². The predicted octanol–water partition coefficient (Wildman–Crippen LogP) is 1.03. The maximum atomic E-state index is 12.1. The highest BCUT2D eigenvalue weighted by molar-refractivity contribution is 5.78. The second-order valence-corrected chi connectivity index (χ2v) is 4.96. The van der Waals surface area contributed by atoms with Crippen molar-refractivity contribution in [1.29, 1.82) is 0 Å². The first kappa shape index (κ1) is 14.0. The molecule has 1 saturated heterocycles. The van der Waals surface area contributed by atoms with Gasteiger partial charge in [0.2, 0.25) is 5.91 Å². The molecule has 1 aliphatic heterocycles. The zero-order valence-corrected chi connectivity index (χ0v) is 11.5. The molecule has 1 amide bonds. The Morgan fingerprint density at radius 3 is 3.05 bits per heavy atom. The van der Waals surface area contributed by atoms with Crippen LogP contribution in [0.2, 0.25) is 0 Å². The first-order chi connectivity index (χ1) is 9.15. The van der Waals surface area contributed by atoms with E-state index in [1.807, 2.05) is 24.1 Å². The number of likely N-dealkylation sites (tertiary alicyclic amines) is 1. The monoisotopic (exact) mass is 263 g/mol. The van der Waals surface area contributed by atoms with Crippen molar-refractivity contribution in [3.05, 3.63) is 29.6 Å². The largest absolute Gasteiger partial charge is 0.383 e. The number of rotatable bonds is 4. The zero-order valence-electron chi connectivity index (χ0n) is 11.5. The van der Waals surface area contributed by atoms with E-state index in [4.69, 9.17) is 10.5 Å². The molecular weight excluding hydrogens is 242 g/mol. The second kappa shape index (κ2) is 6.12. The Morgan fingerprint density at radius 2 is 2.37 bits per heavy atom. The quantitative estimate of drug-likeness (QED) is 0.881. The van der Waals surface area contributed by atoms with E-state index in [0.29, 0.717) is 19.6 Å². The number of hydrogen-bond acceptors (Lipinski definition) is 4. The number of piperidine rings is 1. The predicted molar refractivity (Wildman–Crippen MR) is 72.5 cm³/mol. The molecule has 2 atom stereocenters. The summed E-state index contributed by atoms with van der Waals surface area (Å²) in [5.41, 5.74) is 8.40. The average Bonchev–Trinajstić information content (AvgIpc) is 2.41. The molecule has 1 aliphatic rings. The van der Waals surface area contributed by atoms with E-state index in [1.165, 1.54) is 0 Å². The molecule has 5 heteroatoms. The Balaban J connectivity index is 2.31. The smallest absolute Gasteiger partial charge is 0.223 e. The second-order valence-electron chi connectivity index (χ2n) is 4.96. The lowest BCUT2D eigenvalue weighted by atomic mass is 9.89. The van der Waals surface area contributed by atoms with Gasteiger partial charge in [-0.15, -0.1) is 0 Å². The first-order valence-electron chi connectivity index (χ1n) is 6.59. The number of amides is 1. The lowest BCUT2D eigenvalue weighted by Crippen LogP contribution is -2.50. The molecule has 104 valence electrons.